The minimum absolute atomic E-state index is 0.199. The zero-order chi connectivity index (χ0) is 15.3. The molecule has 0 aliphatic rings. The van der Waals surface area contributed by atoms with Gasteiger partial charge in [0, 0.05) is 25.9 Å². The van der Waals surface area contributed by atoms with Gasteiger partial charge in [-0.2, -0.15) is 39.1 Å². The normalized spacial score (nSPS) is 14.1. The van der Waals surface area contributed by atoms with Crippen molar-refractivity contribution in [3.8, 4) is 0 Å². The lowest BCUT2D eigenvalue weighted by atomic mass is 10.2. The Bertz CT molecular complexity index is 344. The van der Waals surface area contributed by atoms with Gasteiger partial charge in [0.15, 0.2) is 0 Å². The van der Waals surface area contributed by atoms with Crippen molar-refractivity contribution in [2.45, 2.75) is 38.0 Å². The second-order valence-corrected chi connectivity index (χ2v) is 5.23. The summed E-state index contributed by atoms with van der Waals surface area (Å²) in [6.45, 7) is -1.37. The average Bonchev–Trinajstić information content (AvgIpc) is 2.09. The van der Waals surface area contributed by atoms with Crippen molar-refractivity contribution in [2.24, 2.45) is 0 Å². The number of hydrogen-bond acceptors (Lipinski definition) is 2. The molecule has 0 aromatic heterocycles. The Kier molecular flexibility index (Phi) is 6.55. The van der Waals surface area contributed by atoms with E-state index in [1.807, 2.05) is 0 Å². The lowest BCUT2D eigenvalue weighted by Gasteiger charge is -2.19. The summed E-state index contributed by atoms with van der Waals surface area (Å²) in [6, 6.07) is 0. The molecule has 0 heterocycles. The third kappa shape index (κ3) is 11.0. The van der Waals surface area contributed by atoms with Crippen LogP contribution in [0.1, 0.15) is 25.7 Å². The van der Waals surface area contributed by atoms with E-state index in [-0.39, 0.29) is 4.31 Å². The summed E-state index contributed by atoms with van der Waals surface area (Å²) < 4.78 is 101. The van der Waals surface area contributed by atoms with Gasteiger partial charge in [0.25, 0.3) is 0 Å². The van der Waals surface area contributed by atoms with Gasteiger partial charge in [-0.1, -0.05) is 0 Å². The summed E-state index contributed by atoms with van der Waals surface area (Å²) in [6.07, 6.45) is -12.8. The van der Waals surface area contributed by atoms with Crippen molar-refractivity contribution in [1.82, 2.24) is 4.31 Å². The summed E-state index contributed by atoms with van der Waals surface area (Å²) in [4.78, 5) is 0. The van der Waals surface area contributed by atoms with E-state index in [1.165, 1.54) is 0 Å². The number of rotatable bonds is 7. The first-order valence-corrected chi connectivity index (χ1v) is 6.57. The number of halogens is 6. The van der Waals surface area contributed by atoms with Crippen molar-refractivity contribution in [3.05, 3.63) is 0 Å². The minimum atomic E-state index is -4.80. The van der Waals surface area contributed by atoms with Crippen LogP contribution in [0.3, 0.4) is 0 Å². The Balaban J connectivity index is 4.27. The molecule has 0 rings (SSSR count). The van der Waals surface area contributed by atoms with Gasteiger partial charge in [-0.15, -0.1) is 0 Å². The molecule has 0 unspecified atom stereocenters. The third-order valence-electron chi connectivity index (χ3n) is 2.06. The molecule has 0 radical (unpaired) electrons. The molecule has 11 heteroatoms. The Morgan fingerprint density at radius 2 is 1.16 bits per heavy atom. The molecule has 0 amide bonds. The SMILES string of the molecule is O=S(=O)(O)N(CCCC(F)(F)F)CCCC(F)(F)F. The first-order chi connectivity index (χ1) is 8.31. The van der Waals surface area contributed by atoms with Crippen LogP contribution >= 0.6 is 0 Å². The molecule has 0 aliphatic carbocycles. The molecule has 0 aliphatic heterocycles. The second kappa shape index (κ2) is 6.75. The molecule has 0 bridgehead atoms. The maximum atomic E-state index is 11.8. The van der Waals surface area contributed by atoms with Crippen molar-refractivity contribution < 1.29 is 39.3 Å². The molecule has 1 N–H and O–H groups in total. The highest BCUT2D eigenvalue weighted by Gasteiger charge is 2.30. The van der Waals surface area contributed by atoms with Crippen LogP contribution in [0.2, 0.25) is 0 Å². The van der Waals surface area contributed by atoms with Gasteiger partial charge in [-0.3, -0.25) is 4.55 Å². The molecule has 0 saturated carbocycles. The van der Waals surface area contributed by atoms with Crippen molar-refractivity contribution >= 4 is 10.3 Å². The fourth-order valence-electron chi connectivity index (χ4n) is 1.25. The van der Waals surface area contributed by atoms with Crippen molar-refractivity contribution in [1.29, 1.82) is 0 Å². The predicted octanol–water partition coefficient (Wildman–Crippen LogP) is 2.78. The molecule has 0 atom stereocenters. The van der Waals surface area contributed by atoms with Gasteiger partial charge in [0.2, 0.25) is 0 Å². The highest BCUT2D eigenvalue weighted by Crippen LogP contribution is 2.23. The number of hydrogen-bond donors (Lipinski definition) is 1. The van der Waals surface area contributed by atoms with Crippen molar-refractivity contribution in [2.75, 3.05) is 13.1 Å². The molecule has 0 spiro atoms. The quantitative estimate of drug-likeness (QED) is 0.580. The van der Waals surface area contributed by atoms with E-state index in [0.717, 1.165) is 0 Å². The fraction of sp³-hybridized carbons (Fsp3) is 1.00. The molecule has 0 aromatic carbocycles. The van der Waals surface area contributed by atoms with Gasteiger partial charge in [-0.25, -0.2) is 0 Å². The van der Waals surface area contributed by atoms with E-state index in [2.05, 4.69) is 0 Å². The molecular weight excluding hydrogens is 304 g/mol. The average molecular weight is 317 g/mol. The third-order valence-corrected chi connectivity index (χ3v) is 3.08. The van der Waals surface area contributed by atoms with Crippen LogP contribution in [0.25, 0.3) is 0 Å². The summed E-state index contributed by atoms with van der Waals surface area (Å²) in [7, 11) is -4.80. The van der Waals surface area contributed by atoms with Gasteiger partial charge < -0.3 is 0 Å². The van der Waals surface area contributed by atoms with Crippen LogP contribution in [0, 0.1) is 0 Å². The molecule has 0 aromatic rings. The van der Waals surface area contributed by atoms with Crippen LogP contribution in [-0.4, -0.2) is 42.7 Å². The van der Waals surface area contributed by atoms with Gasteiger partial charge in [0.05, 0.1) is 0 Å². The van der Waals surface area contributed by atoms with E-state index >= 15 is 0 Å². The summed E-state index contributed by atoms with van der Waals surface area (Å²) >= 11 is 0. The van der Waals surface area contributed by atoms with Crippen LogP contribution < -0.4 is 0 Å². The molecular formula is C8H13F6NO3S. The van der Waals surface area contributed by atoms with E-state index in [9.17, 15) is 34.8 Å². The molecule has 0 saturated heterocycles. The van der Waals surface area contributed by atoms with Crippen molar-refractivity contribution in [3.63, 3.8) is 0 Å². The smallest absolute Gasteiger partial charge is 0.273 e. The number of alkyl halides is 6. The maximum absolute atomic E-state index is 11.8. The van der Waals surface area contributed by atoms with Crippen LogP contribution in [0.5, 0.6) is 0 Å². The highest BCUT2D eigenvalue weighted by molar-refractivity contribution is 7.83. The van der Waals surface area contributed by atoms with Crippen LogP contribution in [0.15, 0.2) is 0 Å². The van der Waals surface area contributed by atoms with E-state index in [0.29, 0.717) is 0 Å². The monoisotopic (exact) mass is 317 g/mol. The zero-order valence-corrected chi connectivity index (χ0v) is 10.4. The highest BCUT2D eigenvalue weighted by atomic mass is 32.2. The largest absolute Gasteiger partial charge is 0.389 e. The molecule has 4 nitrogen and oxygen atoms in total. The van der Waals surface area contributed by atoms with Crippen LogP contribution in [0.4, 0.5) is 26.3 Å². The Labute approximate surface area is 106 Å². The van der Waals surface area contributed by atoms with E-state index < -0.39 is 61.4 Å². The lowest BCUT2D eigenvalue weighted by molar-refractivity contribution is -0.136. The van der Waals surface area contributed by atoms with Gasteiger partial charge >= 0.3 is 22.7 Å². The standard InChI is InChI=1S/C8H13F6NO3S/c9-7(10,11)3-1-5-15(19(16,17)18)6-2-4-8(12,13)14/h1-6H2,(H,16,17,18). The number of nitrogens with zero attached hydrogens (tertiary/aromatic N) is 1. The predicted molar refractivity (Wildman–Crippen MR) is 53.7 cm³/mol. The first kappa shape index (κ1) is 18.4. The Hall–Kier alpha value is -0.550. The summed E-state index contributed by atoms with van der Waals surface area (Å²) in [5.74, 6) is 0. The maximum Gasteiger partial charge on any atom is 0.389 e. The molecule has 116 valence electrons. The van der Waals surface area contributed by atoms with Gasteiger partial charge in [0.1, 0.15) is 0 Å². The lowest BCUT2D eigenvalue weighted by Crippen LogP contribution is -2.33. The second-order valence-electron chi connectivity index (χ2n) is 3.81. The molecule has 19 heavy (non-hydrogen) atoms. The van der Waals surface area contributed by atoms with E-state index in [1.54, 1.807) is 0 Å². The molecule has 0 fully saturated rings. The summed E-state index contributed by atoms with van der Waals surface area (Å²) in [5, 5.41) is 0. The van der Waals surface area contributed by atoms with Gasteiger partial charge in [-0.05, 0) is 12.8 Å². The topological polar surface area (TPSA) is 57.6 Å². The summed E-state index contributed by atoms with van der Waals surface area (Å²) in [5.41, 5.74) is 0. The fourth-order valence-corrected chi connectivity index (χ4v) is 1.97. The first-order valence-electron chi connectivity index (χ1n) is 5.17. The Morgan fingerprint density at radius 3 is 1.37 bits per heavy atom. The van der Waals surface area contributed by atoms with Crippen LogP contribution in [-0.2, 0) is 10.3 Å². The zero-order valence-electron chi connectivity index (χ0n) is 9.63. The van der Waals surface area contributed by atoms with E-state index in [4.69, 9.17) is 4.55 Å². The minimum Gasteiger partial charge on any atom is -0.273 e. The Morgan fingerprint density at radius 1 is 0.842 bits per heavy atom.